The number of nitrogens with zero attached hydrogens (tertiary/aromatic N) is 3. The van der Waals surface area contributed by atoms with Crippen molar-refractivity contribution in [2.24, 2.45) is 10.7 Å². The number of hydrogen-bond acceptors (Lipinski definition) is 3. The first-order chi connectivity index (χ1) is 8.99. The van der Waals surface area contributed by atoms with Crippen molar-refractivity contribution in [3.05, 3.63) is 52.3 Å². The highest BCUT2D eigenvalue weighted by atomic mass is 79.9. The Morgan fingerprint density at radius 3 is 2.89 bits per heavy atom. The highest BCUT2D eigenvalue weighted by molar-refractivity contribution is 9.10. The van der Waals surface area contributed by atoms with E-state index in [1.807, 2.05) is 17.7 Å². The number of aromatic nitrogens is 2. The van der Waals surface area contributed by atoms with Crippen LogP contribution in [-0.4, -0.2) is 15.4 Å². The fourth-order valence-corrected chi connectivity index (χ4v) is 2.85. The Kier molecular flexibility index (Phi) is 2.70. The molecule has 1 aromatic carbocycles. The molecule has 1 atom stereocenters. The van der Waals surface area contributed by atoms with E-state index in [4.69, 9.17) is 5.73 Å². The van der Waals surface area contributed by atoms with Gasteiger partial charge in [0.25, 0.3) is 0 Å². The molecule has 0 saturated heterocycles. The zero-order valence-corrected chi connectivity index (χ0v) is 11.9. The first-order valence-corrected chi connectivity index (χ1v) is 6.62. The van der Waals surface area contributed by atoms with E-state index >= 15 is 0 Å². The molecule has 1 aromatic heterocycles. The summed E-state index contributed by atoms with van der Waals surface area (Å²) in [6, 6.07) is 6.64. The number of aliphatic imine (C=N–C) groups is 1. The molecule has 0 spiro atoms. The monoisotopic (exact) mass is 322 g/mol. The van der Waals surface area contributed by atoms with Crippen molar-refractivity contribution < 1.29 is 4.39 Å². The summed E-state index contributed by atoms with van der Waals surface area (Å²) in [5, 5.41) is 0. The summed E-state index contributed by atoms with van der Waals surface area (Å²) < 4.78 is 16.6. The second-order valence-corrected chi connectivity index (χ2v) is 5.58. The lowest BCUT2D eigenvalue weighted by Crippen LogP contribution is -2.37. The van der Waals surface area contributed by atoms with E-state index in [2.05, 4.69) is 25.9 Å². The zero-order chi connectivity index (χ0) is 13.6. The molecule has 2 aromatic rings. The van der Waals surface area contributed by atoms with E-state index < -0.39 is 5.54 Å². The van der Waals surface area contributed by atoms with Gasteiger partial charge in [-0.1, -0.05) is 18.2 Å². The largest absolute Gasteiger partial charge is 0.381 e. The number of benzene rings is 1. The third-order valence-electron chi connectivity index (χ3n) is 3.28. The van der Waals surface area contributed by atoms with Crippen LogP contribution in [0.4, 0.5) is 4.39 Å². The quantitative estimate of drug-likeness (QED) is 0.876. The van der Waals surface area contributed by atoms with Gasteiger partial charge in [0, 0.05) is 11.8 Å². The van der Waals surface area contributed by atoms with Crippen molar-refractivity contribution >= 4 is 21.8 Å². The van der Waals surface area contributed by atoms with Gasteiger partial charge in [-0.25, -0.2) is 9.37 Å². The highest BCUT2D eigenvalue weighted by Gasteiger charge is 2.34. The molecule has 1 aliphatic rings. The van der Waals surface area contributed by atoms with Gasteiger partial charge < -0.3 is 10.3 Å². The smallest absolute Gasteiger partial charge is 0.176 e. The molecule has 98 valence electrons. The molecule has 4 nitrogen and oxygen atoms in total. The van der Waals surface area contributed by atoms with Crippen molar-refractivity contribution in [2.45, 2.75) is 19.0 Å². The Balaban J connectivity index is 2.13. The van der Waals surface area contributed by atoms with E-state index in [1.165, 1.54) is 6.07 Å². The number of amidine groups is 1. The topological polar surface area (TPSA) is 56.2 Å². The van der Waals surface area contributed by atoms with Gasteiger partial charge in [-0.15, -0.1) is 0 Å². The van der Waals surface area contributed by atoms with Crippen LogP contribution in [0.3, 0.4) is 0 Å². The van der Waals surface area contributed by atoms with Crippen molar-refractivity contribution in [1.82, 2.24) is 9.55 Å². The normalized spacial score (nSPS) is 21.9. The predicted molar refractivity (Wildman–Crippen MR) is 74.4 cm³/mol. The van der Waals surface area contributed by atoms with Crippen LogP contribution < -0.4 is 5.73 Å². The summed E-state index contributed by atoms with van der Waals surface area (Å²) in [5.74, 6) is 0.660. The molecule has 0 saturated carbocycles. The van der Waals surface area contributed by atoms with E-state index in [0.717, 1.165) is 0 Å². The Morgan fingerprint density at radius 1 is 1.42 bits per heavy atom. The van der Waals surface area contributed by atoms with Gasteiger partial charge in [-0.05, 0) is 28.9 Å². The minimum Gasteiger partial charge on any atom is -0.381 e. The van der Waals surface area contributed by atoms with Crippen LogP contribution in [0.1, 0.15) is 18.3 Å². The first kappa shape index (κ1) is 12.3. The van der Waals surface area contributed by atoms with Crippen molar-refractivity contribution in [3.8, 4) is 0 Å². The summed E-state index contributed by atoms with van der Waals surface area (Å²) >= 11 is 3.31. The van der Waals surface area contributed by atoms with Crippen molar-refractivity contribution in [1.29, 1.82) is 0 Å². The van der Waals surface area contributed by atoms with Gasteiger partial charge >= 0.3 is 0 Å². The minimum absolute atomic E-state index is 0.274. The number of halogens is 2. The third-order valence-corrected chi connectivity index (χ3v) is 3.66. The van der Waals surface area contributed by atoms with Crippen LogP contribution in [0.2, 0.25) is 0 Å². The standard InChI is InChI=1S/C13H12BrFN4/c1-13(8-4-2-3-5-9(8)15)7-19-6-10(14)17-12(19)11(16)18-13/h2-6H,7H2,1H3,(H2,16,18). The van der Waals surface area contributed by atoms with Gasteiger partial charge in [0.2, 0.25) is 0 Å². The molecule has 1 aliphatic heterocycles. The lowest BCUT2D eigenvalue weighted by Gasteiger charge is -2.31. The molecular weight excluding hydrogens is 311 g/mol. The number of imidazole rings is 1. The van der Waals surface area contributed by atoms with Gasteiger partial charge in [0.15, 0.2) is 11.7 Å². The maximum Gasteiger partial charge on any atom is 0.176 e. The summed E-state index contributed by atoms with van der Waals surface area (Å²) in [6.07, 6.45) is 1.83. The van der Waals surface area contributed by atoms with E-state index in [-0.39, 0.29) is 5.82 Å². The first-order valence-electron chi connectivity index (χ1n) is 5.83. The maximum atomic E-state index is 14.0. The van der Waals surface area contributed by atoms with E-state index in [9.17, 15) is 4.39 Å². The van der Waals surface area contributed by atoms with Gasteiger partial charge in [-0.2, -0.15) is 0 Å². The van der Waals surface area contributed by atoms with Gasteiger partial charge in [0.1, 0.15) is 16.0 Å². The molecule has 0 fully saturated rings. The second-order valence-electron chi connectivity index (χ2n) is 4.77. The Labute approximate surface area is 118 Å². The number of nitrogens with two attached hydrogens (primary N) is 1. The summed E-state index contributed by atoms with van der Waals surface area (Å²) in [7, 11) is 0. The van der Waals surface area contributed by atoms with Crippen LogP contribution in [0, 0.1) is 5.82 Å². The molecule has 0 amide bonds. The Bertz CT molecular complexity index is 679. The fourth-order valence-electron chi connectivity index (χ4n) is 2.44. The molecular formula is C13H12BrFN4. The summed E-state index contributed by atoms with van der Waals surface area (Å²) in [6.45, 7) is 2.37. The van der Waals surface area contributed by atoms with Crippen molar-refractivity contribution in [3.63, 3.8) is 0 Å². The Hall–Kier alpha value is -1.69. The lowest BCUT2D eigenvalue weighted by molar-refractivity contribution is 0.383. The van der Waals surface area contributed by atoms with E-state index in [0.29, 0.717) is 28.4 Å². The van der Waals surface area contributed by atoms with Gasteiger partial charge in [0.05, 0.1) is 6.54 Å². The third kappa shape index (κ3) is 1.96. The molecule has 1 unspecified atom stereocenters. The molecule has 2 heterocycles. The fraction of sp³-hybridized carbons (Fsp3) is 0.231. The maximum absolute atomic E-state index is 14.0. The highest BCUT2D eigenvalue weighted by Crippen LogP contribution is 2.33. The molecule has 0 bridgehead atoms. The minimum atomic E-state index is -0.720. The summed E-state index contributed by atoms with van der Waals surface area (Å²) in [5.41, 5.74) is 5.76. The summed E-state index contributed by atoms with van der Waals surface area (Å²) in [4.78, 5) is 8.69. The average Bonchev–Trinajstić information content (AvgIpc) is 2.70. The molecule has 0 aliphatic carbocycles. The van der Waals surface area contributed by atoms with Crippen LogP contribution >= 0.6 is 15.9 Å². The number of fused-ring (bicyclic) bond motifs is 1. The van der Waals surface area contributed by atoms with Crippen LogP contribution in [-0.2, 0) is 12.1 Å². The van der Waals surface area contributed by atoms with Crippen LogP contribution in [0.25, 0.3) is 0 Å². The van der Waals surface area contributed by atoms with Crippen molar-refractivity contribution in [2.75, 3.05) is 0 Å². The Morgan fingerprint density at radius 2 is 2.16 bits per heavy atom. The SMILES string of the molecule is CC1(c2ccccc2F)Cn2cc(Br)nc2C(N)=N1. The zero-order valence-electron chi connectivity index (χ0n) is 10.3. The number of hydrogen-bond donors (Lipinski definition) is 1. The van der Waals surface area contributed by atoms with Crippen LogP contribution in [0.15, 0.2) is 40.1 Å². The second kappa shape index (κ2) is 4.16. The van der Waals surface area contributed by atoms with E-state index in [1.54, 1.807) is 18.2 Å². The molecule has 6 heteroatoms. The molecule has 3 rings (SSSR count). The average molecular weight is 323 g/mol. The predicted octanol–water partition coefficient (Wildman–Crippen LogP) is 2.42. The number of rotatable bonds is 1. The molecule has 0 radical (unpaired) electrons. The van der Waals surface area contributed by atoms with Gasteiger partial charge in [-0.3, -0.25) is 4.99 Å². The lowest BCUT2D eigenvalue weighted by atomic mass is 9.91. The molecule has 2 N–H and O–H groups in total. The molecule has 19 heavy (non-hydrogen) atoms. The van der Waals surface area contributed by atoms with Crippen LogP contribution in [0.5, 0.6) is 0 Å².